The van der Waals surface area contributed by atoms with Gasteiger partial charge in [-0.3, -0.25) is 0 Å². The molecule has 0 bridgehead atoms. The molecule has 0 saturated carbocycles. The highest BCUT2D eigenvalue weighted by Crippen LogP contribution is 2.33. The monoisotopic (exact) mass is 209 g/mol. The molecule has 0 N–H and O–H groups in total. The summed E-state index contributed by atoms with van der Waals surface area (Å²) in [7, 11) is 4.26. The zero-order chi connectivity index (χ0) is 10.6. The molecule has 1 rings (SSSR count). The van der Waals surface area contributed by atoms with E-state index in [9.17, 15) is 0 Å². The van der Waals surface area contributed by atoms with Gasteiger partial charge in [0.1, 0.15) is 0 Å². The van der Waals surface area contributed by atoms with Crippen LogP contribution in [-0.4, -0.2) is 26.4 Å². The van der Waals surface area contributed by atoms with Gasteiger partial charge in [0.25, 0.3) is 0 Å². The Balaban J connectivity index is 2.81. The van der Waals surface area contributed by atoms with E-state index in [1.807, 2.05) is 0 Å². The standard InChI is InChI=1S/C12H20NP/c1-5-14(6-2)12-9-7-11(8-10-12)13(3)4/h7-10H,5-6H2,1-4H3. The summed E-state index contributed by atoms with van der Waals surface area (Å²) < 4.78 is 0. The van der Waals surface area contributed by atoms with Crippen LogP contribution in [-0.2, 0) is 0 Å². The molecule has 0 fully saturated rings. The lowest BCUT2D eigenvalue weighted by Gasteiger charge is -2.16. The van der Waals surface area contributed by atoms with Crippen LogP contribution in [0.25, 0.3) is 0 Å². The highest BCUT2D eigenvalue weighted by atomic mass is 31.1. The quantitative estimate of drug-likeness (QED) is 0.689. The molecular weight excluding hydrogens is 189 g/mol. The highest BCUT2D eigenvalue weighted by Gasteiger charge is 2.05. The van der Waals surface area contributed by atoms with E-state index in [4.69, 9.17) is 0 Å². The lowest BCUT2D eigenvalue weighted by atomic mass is 10.3. The van der Waals surface area contributed by atoms with Crippen molar-refractivity contribution in [3.63, 3.8) is 0 Å². The number of hydrogen-bond donors (Lipinski definition) is 0. The molecule has 0 aromatic heterocycles. The van der Waals surface area contributed by atoms with E-state index in [0.717, 1.165) is 0 Å². The van der Waals surface area contributed by atoms with Gasteiger partial charge in [-0.15, -0.1) is 0 Å². The summed E-state index contributed by atoms with van der Waals surface area (Å²) in [6, 6.07) is 9.01. The lowest BCUT2D eigenvalue weighted by Crippen LogP contribution is -2.10. The number of hydrogen-bond acceptors (Lipinski definition) is 1. The zero-order valence-electron chi connectivity index (χ0n) is 9.62. The Morgan fingerprint density at radius 3 is 1.86 bits per heavy atom. The minimum atomic E-state index is 0.0985. The zero-order valence-corrected chi connectivity index (χ0v) is 10.5. The fraction of sp³-hybridized carbons (Fsp3) is 0.500. The van der Waals surface area contributed by atoms with E-state index < -0.39 is 0 Å². The van der Waals surface area contributed by atoms with Crippen LogP contribution in [0.5, 0.6) is 0 Å². The summed E-state index contributed by atoms with van der Waals surface area (Å²) in [6.07, 6.45) is 2.60. The molecule has 0 saturated heterocycles. The molecular formula is C12H20NP. The molecule has 0 aliphatic carbocycles. The Morgan fingerprint density at radius 2 is 1.50 bits per heavy atom. The van der Waals surface area contributed by atoms with Crippen LogP contribution in [0.15, 0.2) is 24.3 Å². The topological polar surface area (TPSA) is 3.24 Å². The Labute approximate surface area is 88.9 Å². The molecule has 1 aromatic carbocycles. The summed E-state index contributed by atoms with van der Waals surface area (Å²) in [6.45, 7) is 4.57. The minimum Gasteiger partial charge on any atom is -0.378 e. The molecule has 0 heterocycles. The van der Waals surface area contributed by atoms with Crippen LogP contribution in [0.1, 0.15) is 13.8 Å². The third-order valence-corrected chi connectivity index (χ3v) is 5.05. The first-order valence-electron chi connectivity index (χ1n) is 5.21. The molecule has 0 radical (unpaired) electrons. The maximum atomic E-state index is 2.29. The molecule has 78 valence electrons. The van der Waals surface area contributed by atoms with Crippen molar-refractivity contribution in [2.24, 2.45) is 0 Å². The fourth-order valence-corrected chi connectivity index (χ4v) is 3.30. The van der Waals surface area contributed by atoms with Crippen LogP contribution in [0.2, 0.25) is 0 Å². The van der Waals surface area contributed by atoms with Crippen LogP contribution in [0.3, 0.4) is 0 Å². The molecule has 2 heteroatoms. The molecule has 0 atom stereocenters. The summed E-state index contributed by atoms with van der Waals surface area (Å²) >= 11 is 0. The van der Waals surface area contributed by atoms with E-state index in [0.29, 0.717) is 0 Å². The van der Waals surface area contributed by atoms with Crippen LogP contribution >= 0.6 is 7.92 Å². The van der Waals surface area contributed by atoms with Gasteiger partial charge in [0.05, 0.1) is 0 Å². The molecule has 0 unspecified atom stereocenters. The molecule has 0 aliphatic heterocycles. The Hall–Kier alpha value is -0.550. The van der Waals surface area contributed by atoms with E-state index in [2.05, 4.69) is 57.1 Å². The van der Waals surface area contributed by atoms with E-state index in [1.165, 1.54) is 23.3 Å². The molecule has 0 amide bonds. The van der Waals surface area contributed by atoms with Gasteiger partial charge in [0, 0.05) is 19.8 Å². The van der Waals surface area contributed by atoms with Gasteiger partial charge >= 0.3 is 0 Å². The lowest BCUT2D eigenvalue weighted by molar-refractivity contribution is 1.13. The summed E-state index contributed by atoms with van der Waals surface area (Å²) in [5.74, 6) is 0. The fourth-order valence-electron chi connectivity index (χ4n) is 1.55. The van der Waals surface area contributed by atoms with E-state index >= 15 is 0 Å². The van der Waals surface area contributed by atoms with Crippen molar-refractivity contribution in [3.05, 3.63) is 24.3 Å². The van der Waals surface area contributed by atoms with Crippen molar-refractivity contribution >= 4 is 18.9 Å². The number of benzene rings is 1. The van der Waals surface area contributed by atoms with Crippen molar-refractivity contribution in [1.29, 1.82) is 0 Å². The van der Waals surface area contributed by atoms with Gasteiger partial charge in [0.2, 0.25) is 0 Å². The van der Waals surface area contributed by atoms with Crippen molar-refractivity contribution in [2.45, 2.75) is 13.8 Å². The van der Waals surface area contributed by atoms with Crippen molar-refractivity contribution in [2.75, 3.05) is 31.3 Å². The molecule has 1 aromatic rings. The smallest absolute Gasteiger partial charge is 0.0361 e. The largest absolute Gasteiger partial charge is 0.378 e. The maximum Gasteiger partial charge on any atom is 0.0361 e. The van der Waals surface area contributed by atoms with Crippen LogP contribution < -0.4 is 10.2 Å². The number of rotatable bonds is 4. The van der Waals surface area contributed by atoms with Crippen LogP contribution in [0.4, 0.5) is 5.69 Å². The average molecular weight is 209 g/mol. The van der Waals surface area contributed by atoms with Crippen molar-refractivity contribution in [1.82, 2.24) is 0 Å². The number of nitrogens with zero attached hydrogens (tertiary/aromatic N) is 1. The molecule has 1 nitrogen and oxygen atoms in total. The number of anilines is 1. The van der Waals surface area contributed by atoms with Gasteiger partial charge < -0.3 is 4.90 Å². The van der Waals surface area contributed by atoms with Gasteiger partial charge in [-0.2, -0.15) is 0 Å². The normalized spacial score (nSPS) is 10.6. The SMILES string of the molecule is CCP(CC)c1ccc(N(C)C)cc1. The first-order chi connectivity index (χ1) is 6.69. The Morgan fingerprint density at radius 1 is 1.00 bits per heavy atom. The highest BCUT2D eigenvalue weighted by molar-refractivity contribution is 7.65. The first-order valence-corrected chi connectivity index (χ1v) is 6.92. The van der Waals surface area contributed by atoms with E-state index in [1.54, 1.807) is 0 Å². The third-order valence-electron chi connectivity index (χ3n) is 2.49. The second-order valence-corrected chi connectivity index (χ2v) is 6.44. The summed E-state index contributed by atoms with van der Waals surface area (Å²) in [5.41, 5.74) is 1.29. The van der Waals surface area contributed by atoms with Gasteiger partial charge in [0.15, 0.2) is 0 Å². The third kappa shape index (κ3) is 2.72. The van der Waals surface area contributed by atoms with Gasteiger partial charge in [-0.05, 0) is 29.8 Å². The second-order valence-electron chi connectivity index (χ2n) is 3.58. The molecule has 14 heavy (non-hydrogen) atoms. The predicted molar refractivity (Wildman–Crippen MR) is 68.4 cm³/mol. The Bertz CT molecular complexity index is 262. The van der Waals surface area contributed by atoms with Gasteiger partial charge in [-0.1, -0.05) is 33.9 Å². The summed E-state index contributed by atoms with van der Waals surface area (Å²) in [4.78, 5) is 2.14. The summed E-state index contributed by atoms with van der Waals surface area (Å²) in [5, 5.41) is 1.54. The Kier molecular flexibility index (Phi) is 4.41. The molecule has 0 spiro atoms. The molecule has 0 aliphatic rings. The minimum absolute atomic E-state index is 0.0985. The van der Waals surface area contributed by atoms with E-state index in [-0.39, 0.29) is 7.92 Å². The van der Waals surface area contributed by atoms with Crippen LogP contribution in [0, 0.1) is 0 Å². The van der Waals surface area contributed by atoms with Crippen molar-refractivity contribution in [3.8, 4) is 0 Å². The van der Waals surface area contributed by atoms with Crippen molar-refractivity contribution < 1.29 is 0 Å². The average Bonchev–Trinajstić information content (AvgIpc) is 2.20. The first kappa shape index (κ1) is 11.5. The van der Waals surface area contributed by atoms with Gasteiger partial charge in [-0.25, -0.2) is 0 Å². The second kappa shape index (κ2) is 5.36. The predicted octanol–water partition coefficient (Wildman–Crippen LogP) is 2.90. The maximum absolute atomic E-state index is 2.29.